The van der Waals surface area contributed by atoms with Gasteiger partial charge in [-0.25, -0.2) is 0 Å². The molecule has 0 radical (unpaired) electrons. The highest BCUT2D eigenvalue weighted by molar-refractivity contribution is 7.15. The Morgan fingerprint density at radius 3 is 2.67 bits per heavy atom. The first-order valence-corrected chi connectivity index (χ1v) is 9.21. The number of ether oxygens (including phenoxy) is 1. The maximum atomic E-state index is 12.3. The van der Waals surface area contributed by atoms with Gasteiger partial charge in [-0.15, -0.1) is 10.2 Å². The molecule has 2 aromatic rings. The van der Waals surface area contributed by atoms with E-state index in [1.807, 2.05) is 6.92 Å². The van der Waals surface area contributed by atoms with E-state index in [4.69, 9.17) is 16.3 Å². The van der Waals surface area contributed by atoms with E-state index < -0.39 is 6.10 Å². The Hall–Kier alpha value is -1.66. The SMILES string of the molecule is CCC(CC)c1nnc(NC(=O)[C@H](C)Oc2ccc(Cl)cc2C)s1. The van der Waals surface area contributed by atoms with Gasteiger partial charge in [0.05, 0.1) is 0 Å². The molecule has 24 heavy (non-hydrogen) atoms. The van der Waals surface area contributed by atoms with Crippen molar-refractivity contribution in [1.82, 2.24) is 10.2 Å². The molecule has 2 rings (SSSR count). The van der Waals surface area contributed by atoms with Crippen LogP contribution in [0.2, 0.25) is 5.02 Å². The summed E-state index contributed by atoms with van der Waals surface area (Å²) in [5.41, 5.74) is 0.883. The first-order valence-electron chi connectivity index (χ1n) is 8.01. The summed E-state index contributed by atoms with van der Waals surface area (Å²) in [4.78, 5) is 12.3. The van der Waals surface area contributed by atoms with Crippen molar-refractivity contribution in [2.75, 3.05) is 5.32 Å². The number of carbonyl (C=O) groups is 1. The number of aryl methyl sites for hydroxylation is 1. The van der Waals surface area contributed by atoms with Gasteiger partial charge in [0, 0.05) is 10.9 Å². The van der Waals surface area contributed by atoms with Gasteiger partial charge in [-0.3, -0.25) is 10.1 Å². The van der Waals surface area contributed by atoms with Crippen molar-refractivity contribution in [3.05, 3.63) is 33.8 Å². The van der Waals surface area contributed by atoms with Crippen LogP contribution in [-0.2, 0) is 4.79 Å². The maximum Gasteiger partial charge on any atom is 0.266 e. The smallest absolute Gasteiger partial charge is 0.266 e. The largest absolute Gasteiger partial charge is 0.481 e. The Balaban J connectivity index is 1.99. The molecule has 0 spiro atoms. The zero-order valence-corrected chi connectivity index (χ0v) is 15.9. The minimum absolute atomic E-state index is 0.253. The highest BCUT2D eigenvalue weighted by atomic mass is 35.5. The molecule has 0 saturated carbocycles. The molecule has 0 aliphatic heterocycles. The number of hydrogen-bond donors (Lipinski definition) is 1. The normalized spacial score (nSPS) is 12.2. The van der Waals surface area contributed by atoms with Gasteiger partial charge in [0.1, 0.15) is 10.8 Å². The Morgan fingerprint density at radius 2 is 2.04 bits per heavy atom. The number of halogens is 1. The van der Waals surface area contributed by atoms with Gasteiger partial charge in [-0.1, -0.05) is 36.8 Å². The molecule has 0 saturated heterocycles. The molecule has 130 valence electrons. The second kappa shape index (κ2) is 8.44. The summed E-state index contributed by atoms with van der Waals surface area (Å²) in [5, 5.41) is 13.1. The van der Waals surface area contributed by atoms with Crippen molar-refractivity contribution in [1.29, 1.82) is 0 Å². The lowest BCUT2D eigenvalue weighted by Crippen LogP contribution is -2.30. The standard InChI is InChI=1S/C17H22ClN3O2S/c1-5-12(6-2)16-20-21-17(24-16)19-15(22)11(4)23-14-8-7-13(18)9-10(14)3/h7-9,11-12H,5-6H2,1-4H3,(H,19,21,22)/t11-/m0/s1. The van der Waals surface area contributed by atoms with E-state index in [0.29, 0.717) is 21.8 Å². The summed E-state index contributed by atoms with van der Waals surface area (Å²) in [7, 11) is 0. The second-order valence-electron chi connectivity index (χ2n) is 5.62. The zero-order valence-electron chi connectivity index (χ0n) is 14.3. The molecule has 0 bridgehead atoms. The summed E-state index contributed by atoms with van der Waals surface area (Å²) in [6, 6.07) is 5.30. The van der Waals surface area contributed by atoms with Crippen LogP contribution in [0, 0.1) is 6.92 Å². The number of carbonyl (C=O) groups excluding carboxylic acids is 1. The number of nitrogens with zero attached hydrogens (tertiary/aromatic N) is 2. The van der Waals surface area contributed by atoms with E-state index in [-0.39, 0.29) is 5.91 Å². The van der Waals surface area contributed by atoms with Crippen LogP contribution in [0.25, 0.3) is 0 Å². The van der Waals surface area contributed by atoms with Crippen molar-refractivity contribution >= 4 is 34.0 Å². The third-order valence-corrected chi connectivity index (χ3v) is 5.05. The van der Waals surface area contributed by atoms with Crippen LogP contribution >= 0.6 is 22.9 Å². The van der Waals surface area contributed by atoms with E-state index in [1.165, 1.54) is 11.3 Å². The Kier molecular flexibility index (Phi) is 6.57. The summed E-state index contributed by atoms with van der Waals surface area (Å²) >= 11 is 7.35. The first-order chi connectivity index (χ1) is 11.4. The Bertz CT molecular complexity index is 701. The average Bonchev–Trinajstić information content (AvgIpc) is 2.99. The maximum absolute atomic E-state index is 12.3. The van der Waals surface area contributed by atoms with Crippen molar-refractivity contribution < 1.29 is 9.53 Å². The summed E-state index contributed by atoms with van der Waals surface area (Å²) in [6.07, 6.45) is 1.37. The van der Waals surface area contributed by atoms with E-state index in [1.54, 1.807) is 25.1 Å². The van der Waals surface area contributed by atoms with Gasteiger partial charge in [0.2, 0.25) is 5.13 Å². The first kappa shape index (κ1) is 18.7. The Morgan fingerprint density at radius 1 is 1.33 bits per heavy atom. The minimum atomic E-state index is -0.648. The van der Waals surface area contributed by atoms with Crippen molar-refractivity contribution in [3.8, 4) is 5.75 Å². The van der Waals surface area contributed by atoms with E-state index >= 15 is 0 Å². The molecule has 0 unspecified atom stereocenters. The van der Waals surface area contributed by atoms with Gasteiger partial charge < -0.3 is 4.74 Å². The van der Waals surface area contributed by atoms with Crippen LogP contribution in [0.5, 0.6) is 5.75 Å². The molecule has 0 fully saturated rings. The highest BCUT2D eigenvalue weighted by Crippen LogP contribution is 2.28. The number of benzene rings is 1. The van der Waals surface area contributed by atoms with Crippen LogP contribution in [0.15, 0.2) is 18.2 Å². The number of hydrogen-bond acceptors (Lipinski definition) is 5. The zero-order chi connectivity index (χ0) is 17.7. The van der Waals surface area contributed by atoms with E-state index in [9.17, 15) is 4.79 Å². The number of nitrogens with one attached hydrogen (secondary N) is 1. The van der Waals surface area contributed by atoms with Gasteiger partial charge in [-0.2, -0.15) is 0 Å². The van der Waals surface area contributed by atoms with Crippen LogP contribution in [0.4, 0.5) is 5.13 Å². The molecular formula is C17H22ClN3O2S. The molecule has 1 aromatic heterocycles. The molecule has 7 heteroatoms. The number of anilines is 1. The Labute approximate surface area is 151 Å². The molecule has 5 nitrogen and oxygen atoms in total. The molecule has 1 amide bonds. The van der Waals surface area contributed by atoms with Crippen molar-refractivity contribution in [3.63, 3.8) is 0 Å². The second-order valence-corrected chi connectivity index (χ2v) is 7.06. The number of rotatable bonds is 7. The lowest BCUT2D eigenvalue weighted by Gasteiger charge is -2.15. The molecule has 0 aliphatic rings. The summed E-state index contributed by atoms with van der Waals surface area (Å²) in [6.45, 7) is 7.83. The van der Waals surface area contributed by atoms with Crippen molar-refractivity contribution in [2.45, 2.75) is 52.6 Å². The fraction of sp³-hybridized carbons (Fsp3) is 0.471. The average molecular weight is 368 g/mol. The number of amides is 1. The van der Waals surface area contributed by atoms with Crippen LogP contribution in [0.1, 0.15) is 50.1 Å². The third-order valence-electron chi connectivity index (χ3n) is 3.82. The van der Waals surface area contributed by atoms with Crippen molar-refractivity contribution in [2.24, 2.45) is 0 Å². The van der Waals surface area contributed by atoms with E-state index in [0.717, 1.165) is 23.4 Å². The quantitative estimate of drug-likeness (QED) is 0.762. The van der Waals surface area contributed by atoms with Crippen LogP contribution < -0.4 is 10.1 Å². The lowest BCUT2D eigenvalue weighted by atomic mass is 10.1. The summed E-state index contributed by atoms with van der Waals surface area (Å²) < 4.78 is 5.72. The van der Waals surface area contributed by atoms with E-state index in [2.05, 4.69) is 29.4 Å². The fourth-order valence-electron chi connectivity index (χ4n) is 2.28. The van der Waals surface area contributed by atoms with Gasteiger partial charge in [0.25, 0.3) is 5.91 Å². The lowest BCUT2D eigenvalue weighted by molar-refractivity contribution is -0.122. The van der Waals surface area contributed by atoms with Gasteiger partial charge in [-0.05, 0) is 50.5 Å². The number of aromatic nitrogens is 2. The molecule has 1 atom stereocenters. The van der Waals surface area contributed by atoms with Crippen LogP contribution in [0.3, 0.4) is 0 Å². The predicted molar refractivity (Wildman–Crippen MR) is 98.1 cm³/mol. The monoisotopic (exact) mass is 367 g/mol. The predicted octanol–water partition coefficient (Wildman–Crippen LogP) is 4.81. The van der Waals surface area contributed by atoms with Gasteiger partial charge >= 0.3 is 0 Å². The molecule has 1 aromatic carbocycles. The minimum Gasteiger partial charge on any atom is -0.481 e. The molecule has 0 aliphatic carbocycles. The summed E-state index contributed by atoms with van der Waals surface area (Å²) in [5.74, 6) is 0.771. The third kappa shape index (κ3) is 4.68. The molecular weight excluding hydrogens is 346 g/mol. The molecule has 1 N–H and O–H groups in total. The van der Waals surface area contributed by atoms with Gasteiger partial charge in [0.15, 0.2) is 6.10 Å². The molecule has 1 heterocycles. The topological polar surface area (TPSA) is 64.1 Å². The highest BCUT2D eigenvalue weighted by Gasteiger charge is 2.19. The fourth-order valence-corrected chi connectivity index (χ4v) is 3.52. The van der Waals surface area contributed by atoms with Crippen LogP contribution in [-0.4, -0.2) is 22.2 Å².